The molecule has 0 aliphatic carbocycles. The number of unbranched alkanes of at least 4 members (excludes halogenated alkanes) is 1. The molecule has 3 aromatic carbocycles. The molecule has 0 bridgehead atoms. The number of ether oxygens (including phenoxy) is 5. The maximum atomic E-state index is 13.1. The molecular weight excluding hydrogens is 710 g/mol. The van der Waals surface area contributed by atoms with Crippen LogP contribution in [-0.2, 0) is 37.0 Å². The zero-order valence-electron chi connectivity index (χ0n) is 32.3. The predicted octanol–water partition coefficient (Wildman–Crippen LogP) is 5.78. The van der Waals surface area contributed by atoms with Gasteiger partial charge >= 0.3 is 24.1 Å². The van der Waals surface area contributed by atoms with Gasteiger partial charge in [-0.05, 0) is 113 Å². The molecule has 55 heavy (non-hydrogen) atoms. The molecule has 0 fully saturated rings. The summed E-state index contributed by atoms with van der Waals surface area (Å²) in [5.74, 6) is -0.134. The third-order valence-corrected chi connectivity index (χ3v) is 7.91. The van der Waals surface area contributed by atoms with Crippen molar-refractivity contribution in [2.24, 2.45) is 0 Å². The van der Waals surface area contributed by atoms with E-state index in [4.69, 9.17) is 23.7 Å². The van der Waals surface area contributed by atoms with Crippen LogP contribution in [0.4, 0.5) is 15.3 Å². The fraction of sp³-hybridized carbons (Fsp3) is 0.425. The van der Waals surface area contributed by atoms with Gasteiger partial charge in [-0.25, -0.2) is 19.8 Å². The van der Waals surface area contributed by atoms with Crippen LogP contribution in [0.25, 0.3) is 0 Å². The number of nitrogens with one attached hydrogen (secondary N) is 5. The molecule has 0 aliphatic rings. The Labute approximate surface area is 322 Å². The van der Waals surface area contributed by atoms with Crippen molar-refractivity contribution in [3.05, 3.63) is 89.5 Å². The Morgan fingerprint density at radius 1 is 0.709 bits per heavy atom. The number of amides is 4. The smallest absolute Gasteiger partial charge is 0.426 e. The SMILES string of the molecule is COc1ccc(COC(=O)CCC(NC(=O)NC(C)CCCCNC(=O)c2ccc(NNC(=O)OC(C)(C)C)cc2)C(=O)OCc2ccc(OC)cc2)cc1. The zero-order chi connectivity index (χ0) is 40.2. The van der Waals surface area contributed by atoms with Crippen molar-refractivity contribution < 1.29 is 47.7 Å². The third kappa shape index (κ3) is 17.1. The van der Waals surface area contributed by atoms with Crippen molar-refractivity contribution in [3.63, 3.8) is 0 Å². The Kier molecular flexibility index (Phi) is 17.6. The van der Waals surface area contributed by atoms with Gasteiger partial charge < -0.3 is 39.6 Å². The van der Waals surface area contributed by atoms with Crippen LogP contribution in [0.3, 0.4) is 0 Å². The monoisotopic (exact) mass is 763 g/mol. The maximum Gasteiger partial charge on any atom is 0.426 e. The summed E-state index contributed by atoms with van der Waals surface area (Å²) in [6.45, 7) is 7.56. The van der Waals surface area contributed by atoms with E-state index in [2.05, 4.69) is 26.8 Å². The Morgan fingerprint density at radius 2 is 1.29 bits per heavy atom. The summed E-state index contributed by atoms with van der Waals surface area (Å²) in [5, 5.41) is 8.35. The first-order chi connectivity index (χ1) is 26.2. The molecule has 0 radical (unpaired) electrons. The molecule has 0 aromatic heterocycles. The highest BCUT2D eigenvalue weighted by molar-refractivity contribution is 5.94. The highest BCUT2D eigenvalue weighted by atomic mass is 16.6. The number of carbonyl (C=O) groups is 5. The quantitative estimate of drug-likeness (QED) is 0.0406. The van der Waals surface area contributed by atoms with Crippen LogP contribution in [0, 0.1) is 0 Å². The molecule has 3 rings (SSSR count). The first kappa shape index (κ1) is 43.4. The number of benzene rings is 3. The van der Waals surface area contributed by atoms with E-state index in [-0.39, 0.29) is 38.0 Å². The van der Waals surface area contributed by atoms with E-state index < -0.39 is 35.7 Å². The van der Waals surface area contributed by atoms with Gasteiger partial charge in [0.25, 0.3) is 5.91 Å². The normalized spacial score (nSPS) is 11.9. The highest BCUT2D eigenvalue weighted by Crippen LogP contribution is 2.15. The molecule has 15 heteroatoms. The van der Waals surface area contributed by atoms with Gasteiger partial charge in [0.15, 0.2) is 0 Å². The predicted molar refractivity (Wildman–Crippen MR) is 205 cm³/mol. The van der Waals surface area contributed by atoms with Gasteiger partial charge in [-0.2, -0.15) is 0 Å². The highest BCUT2D eigenvalue weighted by Gasteiger charge is 2.25. The second-order valence-electron chi connectivity index (χ2n) is 13.7. The lowest BCUT2D eigenvalue weighted by Crippen LogP contribution is -2.49. The lowest BCUT2D eigenvalue weighted by Gasteiger charge is -2.20. The van der Waals surface area contributed by atoms with E-state index in [0.717, 1.165) is 11.1 Å². The molecule has 5 N–H and O–H groups in total. The minimum absolute atomic E-state index is 0.0344. The molecule has 0 saturated carbocycles. The Hall–Kier alpha value is -5.99. The van der Waals surface area contributed by atoms with E-state index >= 15 is 0 Å². The topological polar surface area (TPSA) is 192 Å². The zero-order valence-corrected chi connectivity index (χ0v) is 32.3. The second kappa shape index (κ2) is 22.3. The average molecular weight is 764 g/mol. The first-order valence-corrected chi connectivity index (χ1v) is 18.0. The summed E-state index contributed by atoms with van der Waals surface area (Å²) >= 11 is 0. The number of urea groups is 1. The minimum atomic E-state index is -1.11. The Balaban J connectivity index is 1.42. The summed E-state index contributed by atoms with van der Waals surface area (Å²) in [7, 11) is 3.12. The van der Waals surface area contributed by atoms with Crippen molar-refractivity contribution >= 4 is 35.7 Å². The number of anilines is 1. The van der Waals surface area contributed by atoms with E-state index in [1.54, 1.807) is 108 Å². The number of hydrazine groups is 1. The van der Waals surface area contributed by atoms with Crippen LogP contribution < -0.4 is 36.3 Å². The van der Waals surface area contributed by atoms with Gasteiger partial charge in [-0.1, -0.05) is 24.3 Å². The second-order valence-corrected chi connectivity index (χ2v) is 13.7. The molecular formula is C40H53N5O10. The van der Waals surface area contributed by atoms with Crippen LogP contribution in [-0.4, -0.2) is 68.4 Å². The van der Waals surface area contributed by atoms with Gasteiger partial charge in [-0.3, -0.25) is 15.0 Å². The molecule has 2 atom stereocenters. The molecule has 0 spiro atoms. The van der Waals surface area contributed by atoms with Crippen molar-refractivity contribution in [1.82, 2.24) is 21.4 Å². The Bertz CT molecular complexity index is 1680. The summed E-state index contributed by atoms with van der Waals surface area (Å²) in [4.78, 5) is 63.0. The lowest BCUT2D eigenvalue weighted by atomic mass is 10.1. The summed E-state index contributed by atoms with van der Waals surface area (Å²) in [6.07, 6.45) is 1.19. The Morgan fingerprint density at radius 3 is 1.85 bits per heavy atom. The van der Waals surface area contributed by atoms with Gasteiger partial charge in [0, 0.05) is 24.6 Å². The number of hydrogen-bond acceptors (Lipinski definition) is 11. The maximum absolute atomic E-state index is 13.1. The molecule has 0 saturated heterocycles. The van der Waals surface area contributed by atoms with E-state index in [0.29, 0.717) is 48.6 Å². The molecule has 0 aliphatic heterocycles. The van der Waals surface area contributed by atoms with Crippen molar-refractivity contribution in [2.75, 3.05) is 26.2 Å². The molecule has 3 aromatic rings. The van der Waals surface area contributed by atoms with Crippen LogP contribution in [0.2, 0.25) is 0 Å². The molecule has 4 amide bonds. The van der Waals surface area contributed by atoms with Gasteiger partial charge in [0.2, 0.25) is 0 Å². The molecule has 2 unspecified atom stereocenters. The molecule has 0 heterocycles. The van der Waals surface area contributed by atoms with Crippen LogP contribution in [0.5, 0.6) is 11.5 Å². The lowest BCUT2D eigenvalue weighted by molar-refractivity contribution is -0.148. The van der Waals surface area contributed by atoms with Crippen molar-refractivity contribution in [2.45, 2.75) is 90.7 Å². The average Bonchev–Trinajstić information content (AvgIpc) is 3.16. The first-order valence-electron chi connectivity index (χ1n) is 18.0. The number of esters is 2. The van der Waals surface area contributed by atoms with E-state index in [9.17, 15) is 24.0 Å². The van der Waals surface area contributed by atoms with E-state index in [1.807, 2.05) is 6.92 Å². The standard InChI is InChI=1S/C40H53N5O10/c1-27(9-7-8-24-41-36(47)30-14-16-31(17-15-30)44-45-39(50)55-40(2,3)4)42-38(49)43-34(37(48)54-26-29-12-20-33(52-6)21-13-29)22-23-35(46)53-25-28-10-18-32(51-5)19-11-28/h10-21,27,34,44H,7-9,22-26H2,1-6H3,(H,41,47)(H,45,50)(H2,42,43,49). The number of rotatable bonds is 20. The largest absolute Gasteiger partial charge is 0.497 e. The van der Waals surface area contributed by atoms with Gasteiger partial charge in [-0.15, -0.1) is 0 Å². The molecule has 298 valence electrons. The fourth-order valence-electron chi connectivity index (χ4n) is 4.95. The number of carbonyl (C=O) groups excluding carboxylic acids is 5. The van der Waals surface area contributed by atoms with Crippen molar-refractivity contribution in [1.29, 1.82) is 0 Å². The minimum Gasteiger partial charge on any atom is -0.497 e. The summed E-state index contributed by atoms with van der Waals surface area (Å²) in [5.41, 5.74) is 7.07. The van der Waals surface area contributed by atoms with Crippen LogP contribution in [0.15, 0.2) is 72.8 Å². The van der Waals surface area contributed by atoms with Gasteiger partial charge in [0.1, 0.15) is 36.4 Å². The van der Waals surface area contributed by atoms with Crippen LogP contribution in [0.1, 0.15) is 81.3 Å². The van der Waals surface area contributed by atoms with Crippen LogP contribution >= 0.6 is 0 Å². The molecule has 15 nitrogen and oxygen atoms in total. The van der Waals surface area contributed by atoms with E-state index in [1.165, 1.54) is 0 Å². The summed E-state index contributed by atoms with van der Waals surface area (Å²) in [6, 6.07) is 18.7. The number of methoxy groups -OCH3 is 2. The number of hydrogen-bond donors (Lipinski definition) is 5. The van der Waals surface area contributed by atoms with Crippen molar-refractivity contribution in [3.8, 4) is 11.5 Å². The fourth-order valence-corrected chi connectivity index (χ4v) is 4.95. The third-order valence-electron chi connectivity index (χ3n) is 7.91. The van der Waals surface area contributed by atoms with Gasteiger partial charge in [0.05, 0.1) is 19.9 Å². The summed E-state index contributed by atoms with van der Waals surface area (Å²) < 4.78 is 26.3.